The molecule has 1 aromatic rings. The lowest BCUT2D eigenvalue weighted by molar-refractivity contribution is -0.140. The zero-order valence-electron chi connectivity index (χ0n) is 11.7. The molecule has 1 rings (SSSR count). The maximum Gasteiger partial charge on any atom is 0.319 e. The highest BCUT2D eigenvalue weighted by atomic mass is 16.5. The fourth-order valence-corrected chi connectivity index (χ4v) is 1.36. The fourth-order valence-electron chi connectivity index (χ4n) is 1.36. The van der Waals surface area contributed by atoms with Gasteiger partial charge in [0.15, 0.2) is 0 Å². The molecule has 0 radical (unpaired) electrons. The van der Waals surface area contributed by atoms with Crippen LogP contribution in [0.15, 0.2) is 24.3 Å². The topological polar surface area (TPSA) is 87.7 Å². The Hall–Kier alpha value is -2.24. The quantitative estimate of drug-likeness (QED) is 0.715. The van der Waals surface area contributed by atoms with Crippen molar-refractivity contribution in [2.24, 2.45) is 5.92 Å². The van der Waals surface area contributed by atoms with Gasteiger partial charge in [0.1, 0.15) is 5.75 Å². The normalized spacial score (nSPS) is 11.5. The Morgan fingerprint density at radius 3 is 2.50 bits per heavy atom. The number of aliphatic carboxylic acids is 1. The van der Waals surface area contributed by atoms with Gasteiger partial charge in [-0.2, -0.15) is 0 Å². The van der Waals surface area contributed by atoms with Crippen LogP contribution in [0.1, 0.15) is 20.3 Å². The first kappa shape index (κ1) is 15.8. The molecule has 1 unspecified atom stereocenters. The smallest absolute Gasteiger partial charge is 0.319 e. The average molecular weight is 280 g/mol. The maximum atomic E-state index is 11.6. The van der Waals surface area contributed by atoms with E-state index in [1.807, 2.05) is 6.92 Å². The summed E-state index contributed by atoms with van der Waals surface area (Å²) in [5.41, 5.74) is 0.620. The van der Waals surface area contributed by atoms with Gasteiger partial charge >= 0.3 is 12.0 Å². The van der Waals surface area contributed by atoms with Gasteiger partial charge in [-0.3, -0.25) is 4.79 Å². The first-order valence-electron chi connectivity index (χ1n) is 6.53. The Bertz CT molecular complexity index is 445. The molecule has 1 atom stereocenters. The summed E-state index contributed by atoms with van der Waals surface area (Å²) in [6.45, 7) is 4.29. The lowest BCUT2D eigenvalue weighted by Crippen LogP contribution is -2.34. The molecule has 0 fully saturated rings. The third kappa shape index (κ3) is 5.60. The third-order valence-corrected chi connectivity index (χ3v) is 2.58. The maximum absolute atomic E-state index is 11.6. The van der Waals surface area contributed by atoms with E-state index >= 15 is 0 Å². The number of carboxylic acid groups (broad SMARTS) is 1. The van der Waals surface area contributed by atoms with E-state index in [0.29, 0.717) is 12.3 Å². The largest absolute Gasteiger partial charge is 0.494 e. The highest BCUT2D eigenvalue weighted by molar-refractivity contribution is 5.89. The Labute approximate surface area is 118 Å². The molecule has 0 aliphatic rings. The molecule has 1 aromatic carbocycles. The number of anilines is 1. The van der Waals surface area contributed by atoms with E-state index in [1.165, 1.54) is 6.92 Å². The van der Waals surface area contributed by atoms with E-state index in [2.05, 4.69) is 10.6 Å². The van der Waals surface area contributed by atoms with Gasteiger partial charge in [0.2, 0.25) is 0 Å². The van der Waals surface area contributed by atoms with E-state index in [-0.39, 0.29) is 6.54 Å². The predicted molar refractivity (Wildman–Crippen MR) is 76.0 cm³/mol. The van der Waals surface area contributed by atoms with Crippen LogP contribution in [-0.4, -0.2) is 30.3 Å². The molecule has 3 N–H and O–H groups in total. The highest BCUT2D eigenvalue weighted by Crippen LogP contribution is 2.15. The lowest BCUT2D eigenvalue weighted by atomic mass is 10.2. The van der Waals surface area contributed by atoms with Crippen LogP contribution in [0.4, 0.5) is 10.5 Å². The molecule has 6 nitrogen and oxygen atoms in total. The Balaban J connectivity index is 2.40. The molecule has 0 saturated heterocycles. The molecule has 0 heterocycles. The number of ether oxygens (including phenoxy) is 1. The Kier molecular flexibility index (Phi) is 6.36. The number of urea groups is 1. The van der Waals surface area contributed by atoms with Crippen molar-refractivity contribution < 1.29 is 19.4 Å². The molecule has 0 aromatic heterocycles. The number of benzene rings is 1. The van der Waals surface area contributed by atoms with E-state index in [9.17, 15) is 9.59 Å². The minimum Gasteiger partial charge on any atom is -0.494 e. The van der Waals surface area contributed by atoms with Gasteiger partial charge in [-0.25, -0.2) is 4.79 Å². The zero-order valence-corrected chi connectivity index (χ0v) is 11.7. The number of carboxylic acids is 1. The second kappa shape index (κ2) is 8.04. The van der Waals surface area contributed by atoms with Gasteiger partial charge in [-0.1, -0.05) is 13.8 Å². The van der Waals surface area contributed by atoms with Crippen LogP contribution in [0.3, 0.4) is 0 Å². The van der Waals surface area contributed by atoms with Crippen molar-refractivity contribution in [1.29, 1.82) is 0 Å². The van der Waals surface area contributed by atoms with Crippen LogP contribution in [-0.2, 0) is 4.79 Å². The summed E-state index contributed by atoms with van der Waals surface area (Å²) in [7, 11) is 0. The number of hydrogen-bond acceptors (Lipinski definition) is 3. The van der Waals surface area contributed by atoms with E-state index < -0.39 is 17.9 Å². The van der Waals surface area contributed by atoms with Crippen LogP contribution >= 0.6 is 0 Å². The molecule has 6 heteroatoms. The lowest BCUT2D eigenvalue weighted by Gasteiger charge is -2.10. The second-order valence-electron chi connectivity index (χ2n) is 4.45. The standard InChI is InChI=1S/C14H20N2O4/c1-3-8-20-12-6-4-11(5-7-12)16-14(19)15-9-10(2)13(17)18/h4-7,10H,3,8-9H2,1-2H3,(H,17,18)(H2,15,16,19). The monoisotopic (exact) mass is 280 g/mol. The minimum atomic E-state index is -0.942. The van der Waals surface area contributed by atoms with E-state index in [1.54, 1.807) is 24.3 Å². The van der Waals surface area contributed by atoms with Crippen molar-refractivity contribution >= 4 is 17.7 Å². The van der Waals surface area contributed by atoms with Crippen molar-refractivity contribution in [1.82, 2.24) is 5.32 Å². The predicted octanol–water partition coefficient (Wildman–Crippen LogP) is 2.32. The van der Waals surface area contributed by atoms with Crippen molar-refractivity contribution in [3.63, 3.8) is 0 Å². The first-order valence-corrected chi connectivity index (χ1v) is 6.53. The fraction of sp³-hybridized carbons (Fsp3) is 0.429. The number of carbonyl (C=O) groups excluding carboxylic acids is 1. The average Bonchev–Trinajstić information content (AvgIpc) is 2.44. The number of hydrogen-bond donors (Lipinski definition) is 3. The van der Waals surface area contributed by atoms with Gasteiger partial charge in [-0.15, -0.1) is 0 Å². The van der Waals surface area contributed by atoms with Gasteiger partial charge in [0.25, 0.3) is 0 Å². The summed E-state index contributed by atoms with van der Waals surface area (Å²) >= 11 is 0. The summed E-state index contributed by atoms with van der Waals surface area (Å²) in [4.78, 5) is 22.2. The molecular weight excluding hydrogens is 260 g/mol. The number of carbonyl (C=O) groups is 2. The van der Waals surface area contributed by atoms with Crippen molar-refractivity contribution in [3.05, 3.63) is 24.3 Å². The Morgan fingerprint density at radius 2 is 1.95 bits per heavy atom. The number of nitrogens with one attached hydrogen (secondary N) is 2. The van der Waals surface area contributed by atoms with Crippen LogP contribution in [0.2, 0.25) is 0 Å². The van der Waals surface area contributed by atoms with Crippen molar-refractivity contribution in [2.45, 2.75) is 20.3 Å². The van der Waals surface area contributed by atoms with Crippen LogP contribution in [0, 0.1) is 5.92 Å². The summed E-state index contributed by atoms with van der Waals surface area (Å²) < 4.78 is 5.43. The summed E-state index contributed by atoms with van der Waals surface area (Å²) in [5, 5.41) is 13.8. The van der Waals surface area contributed by atoms with Gasteiger partial charge in [0.05, 0.1) is 12.5 Å². The summed E-state index contributed by atoms with van der Waals surface area (Å²) in [5.74, 6) is -0.814. The van der Waals surface area contributed by atoms with Crippen LogP contribution in [0.25, 0.3) is 0 Å². The number of amides is 2. The van der Waals surface area contributed by atoms with Gasteiger partial charge < -0.3 is 20.5 Å². The van der Waals surface area contributed by atoms with Crippen molar-refractivity contribution in [2.75, 3.05) is 18.5 Å². The van der Waals surface area contributed by atoms with Crippen molar-refractivity contribution in [3.8, 4) is 5.75 Å². The van der Waals surface area contributed by atoms with Crippen LogP contribution in [0.5, 0.6) is 5.75 Å². The molecule has 0 saturated carbocycles. The summed E-state index contributed by atoms with van der Waals surface area (Å²) in [6, 6.07) is 6.56. The highest BCUT2D eigenvalue weighted by Gasteiger charge is 2.11. The second-order valence-corrected chi connectivity index (χ2v) is 4.45. The van der Waals surface area contributed by atoms with Gasteiger partial charge in [-0.05, 0) is 30.7 Å². The SMILES string of the molecule is CCCOc1ccc(NC(=O)NCC(C)C(=O)O)cc1. The first-order chi connectivity index (χ1) is 9.52. The summed E-state index contributed by atoms with van der Waals surface area (Å²) in [6.07, 6.45) is 0.935. The number of rotatable bonds is 7. The van der Waals surface area contributed by atoms with E-state index in [4.69, 9.17) is 9.84 Å². The molecule has 0 aliphatic heterocycles. The minimum absolute atomic E-state index is 0.0822. The molecule has 20 heavy (non-hydrogen) atoms. The van der Waals surface area contributed by atoms with Gasteiger partial charge in [0, 0.05) is 12.2 Å². The molecule has 2 amide bonds. The zero-order chi connectivity index (χ0) is 15.0. The molecule has 110 valence electrons. The molecular formula is C14H20N2O4. The van der Waals surface area contributed by atoms with Crippen LogP contribution < -0.4 is 15.4 Å². The van der Waals surface area contributed by atoms with E-state index in [0.717, 1.165) is 12.2 Å². The Morgan fingerprint density at radius 1 is 1.30 bits per heavy atom. The third-order valence-electron chi connectivity index (χ3n) is 2.58. The molecule has 0 spiro atoms. The molecule has 0 bridgehead atoms. The molecule has 0 aliphatic carbocycles.